The van der Waals surface area contributed by atoms with Crippen molar-refractivity contribution in [2.24, 2.45) is 10.9 Å². The molecule has 0 spiro atoms. The molecule has 22 heavy (non-hydrogen) atoms. The Morgan fingerprint density at radius 1 is 1.32 bits per heavy atom. The fraction of sp³-hybridized carbons (Fsp3) is 0.400. The summed E-state index contributed by atoms with van der Waals surface area (Å²) in [5, 5.41) is 11.1. The average Bonchev–Trinajstić information content (AvgIpc) is 3.25. The van der Waals surface area contributed by atoms with E-state index in [0.717, 1.165) is 24.0 Å². The Labute approximate surface area is 134 Å². The minimum atomic E-state index is 0.435. The van der Waals surface area contributed by atoms with E-state index in [4.69, 9.17) is 16.1 Å². The van der Waals surface area contributed by atoms with Crippen LogP contribution in [0.4, 0.5) is 0 Å². The SMILES string of the molecule is CN=C(NCc1nc(-c2ccc(Cl)cc2)no1)NCC1CC1. The molecule has 1 aromatic heterocycles. The lowest BCUT2D eigenvalue weighted by molar-refractivity contribution is 0.375. The molecule has 0 aliphatic heterocycles. The molecule has 7 heteroatoms. The van der Waals surface area contributed by atoms with Gasteiger partial charge in [0.1, 0.15) is 0 Å². The molecule has 0 unspecified atom stereocenters. The first kappa shape index (κ1) is 14.8. The van der Waals surface area contributed by atoms with E-state index in [-0.39, 0.29) is 0 Å². The quantitative estimate of drug-likeness (QED) is 0.654. The third-order valence-corrected chi connectivity index (χ3v) is 3.71. The van der Waals surface area contributed by atoms with E-state index >= 15 is 0 Å². The molecule has 2 aromatic rings. The second kappa shape index (κ2) is 6.79. The highest BCUT2D eigenvalue weighted by molar-refractivity contribution is 6.30. The summed E-state index contributed by atoms with van der Waals surface area (Å²) in [5.74, 6) is 2.60. The van der Waals surface area contributed by atoms with Crippen LogP contribution >= 0.6 is 11.6 Å². The second-order valence-corrected chi connectivity index (χ2v) is 5.71. The lowest BCUT2D eigenvalue weighted by Gasteiger charge is -2.09. The Bertz CT molecular complexity index is 648. The minimum Gasteiger partial charge on any atom is -0.356 e. The zero-order valence-corrected chi connectivity index (χ0v) is 13.1. The van der Waals surface area contributed by atoms with Crippen LogP contribution in [0.25, 0.3) is 11.4 Å². The fourth-order valence-corrected chi connectivity index (χ4v) is 2.11. The van der Waals surface area contributed by atoms with E-state index in [1.54, 1.807) is 19.2 Å². The summed E-state index contributed by atoms with van der Waals surface area (Å²) in [6.07, 6.45) is 2.61. The van der Waals surface area contributed by atoms with Gasteiger partial charge in [-0.05, 0) is 43.0 Å². The number of aliphatic imine (C=N–C) groups is 1. The number of hydrogen-bond donors (Lipinski definition) is 2. The molecule has 1 fully saturated rings. The molecule has 1 saturated carbocycles. The van der Waals surface area contributed by atoms with E-state index in [1.807, 2.05) is 12.1 Å². The Kier molecular flexibility index (Phi) is 4.58. The van der Waals surface area contributed by atoms with Gasteiger partial charge in [-0.15, -0.1) is 0 Å². The number of aromatic nitrogens is 2. The minimum absolute atomic E-state index is 0.435. The highest BCUT2D eigenvalue weighted by atomic mass is 35.5. The van der Waals surface area contributed by atoms with E-state index in [1.165, 1.54) is 12.8 Å². The van der Waals surface area contributed by atoms with E-state index in [9.17, 15) is 0 Å². The molecule has 0 saturated heterocycles. The standard InChI is InChI=1S/C15H18ClN5O/c1-17-15(18-8-10-2-3-10)19-9-13-20-14(21-22-13)11-4-6-12(16)7-5-11/h4-7,10H,2-3,8-9H2,1H3,(H2,17,18,19). The summed E-state index contributed by atoms with van der Waals surface area (Å²) in [6, 6.07) is 7.32. The summed E-state index contributed by atoms with van der Waals surface area (Å²) < 4.78 is 5.24. The molecule has 3 rings (SSSR count). The number of halogens is 1. The maximum Gasteiger partial charge on any atom is 0.246 e. The van der Waals surface area contributed by atoms with Crippen molar-refractivity contribution in [2.75, 3.05) is 13.6 Å². The van der Waals surface area contributed by atoms with Crippen molar-refractivity contribution in [1.82, 2.24) is 20.8 Å². The number of benzene rings is 1. The van der Waals surface area contributed by atoms with Crippen LogP contribution < -0.4 is 10.6 Å². The van der Waals surface area contributed by atoms with E-state index < -0.39 is 0 Å². The second-order valence-electron chi connectivity index (χ2n) is 5.27. The number of nitrogens with one attached hydrogen (secondary N) is 2. The van der Waals surface area contributed by atoms with Gasteiger partial charge in [0.25, 0.3) is 0 Å². The number of guanidine groups is 1. The maximum atomic E-state index is 5.87. The molecule has 1 aliphatic carbocycles. The van der Waals surface area contributed by atoms with Crippen molar-refractivity contribution in [1.29, 1.82) is 0 Å². The van der Waals surface area contributed by atoms with Crippen LogP contribution in [0.2, 0.25) is 5.02 Å². The topological polar surface area (TPSA) is 75.3 Å². The highest BCUT2D eigenvalue weighted by Crippen LogP contribution is 2.27. The molecular weight excluding hydrogens is 302 g/mol. The van der Waals surface area contributed by atoms with Crippen LogP contribution in [0.1, 0.15) is 18.7 Å². The van der Waals surface area contributed by atoms with Gasteiger partial charge in [-0.2, -0.15) is 4.98 Å². The smallest absolute Gasteiger partial charge is 0.246 e. The molecule has 1 aliphatic rings. The van der Waals surface area contributed by atoms with Crippen molar-refractivity contribution in [3.8, 4) is 11.4 Å². The molecule has 0 radical (unpaired) electrons. The Hall–Kier alpha value is -2.08. The van der Waals surface area contributed by atoms with E-state index in [0.29, 0.717) is 23.3 Å². The van der Waals surface area contributed by atoms with Gasteiger partial charge in [0.05, 0.1) is 6.54 Å². The number of hydrogen-bond acceptors (Lipinski definition) is 4. The average molecular weight is 320 g/mol. The third-order valence-electron chi connectivity index (χ3n) is 3.46. The van der Waals surface area contributed by atoms with Crippen LogP contribution in [0.5, 0.6) is 0 Å². The first-order valence-corrected chi connectivity index (χ1v) is 7.65. The highest BCUT2D eigenvalue weighted by Gasteiger charge is 2.21. The lowest BCUT2D eigenvalue weighted by Crippen LogP contribution is -2.37. The van der Waals surface area contributed by atoms with Crippen molar-refractivity contribution in [3.05, 3.63) is 35.2 Å². The monoisotopic (exact) mass is 319 g/mol. The van der Waals surface area contributed by atoms with Crippen molar-refractivity contribution in [2.45, 2.75) is 19.4 Å². The van der Waals surface area contributed by atoms with Gasteiger partial charge in [0.2, 0.25) is 11.7 Å². The van der Waals surface area contributed by atoms with Gasteiger partial charge in [-0.25, -0.2) is 0 Å². The molecule has 1 aromatic carbocycles. The van der Waals surface area contributed by atoms with Crippen molar-refractivity contribution < 1.29 is 4.52 Å². The summed E-state index contributed by atoms with van der Waals surface area (Å²) in [5.41, 5.74) is 0.871. The van der Waals surface area contributed by atoms with Crippen LogP contribution in [0.15, 0.2) is 33.8 Å². The predicted molar refractivity (Wildman–Crippen MR) is 85.7 cm³/mol. The molecule has 116 valence electrons. The van der Waals surface area contributed by atoms with Crippen LogP contribution in [-0.2, 0) is 6.54 Å². The third kappa shape index (κ3) is 3.98. The van der Waals surface area contributed by atoms with Crippen molar-refractivity contribution >= 4 is 17.6 Å². The normalized spacial score (nSPS) is 14.9. The van der Waals surface area contributed by atoms with E-state index in [2.05, 4.69) is 25.8 Å². The van der Waals surface area contributed by atoms with Gasteiger partial charge in [0.15, 0.2) is 5.96 Å². The molecule has 6 nitrogen and oxygen atoms in total. The zero-order chi connectivity index (χ0) is 15.4. The number of nitrogens with zero attached hydrogens (tertiary/aromatic N) is 3. The van der Waals surface area contributed by atoms with Gasteiger partial charge < -0.3 is 15.2 Å². The largest absolute Gasteiger partial charge is 0.356 e. The summed E-state index contributed by atoms with van der Waals surface area (Å²) in [4.78, 5) is 8.53. The molecule has 0 amide bonds. The molecular formula is C15H18ClN5O. The first-order chi connectivity index (χ1) is 10.7. The van der Waals surface area contributed by atoms with Gasteiger partial charge in [-0.1, -0.05) is 16.8 Å². The van der Waals surface area contributed by atoms with Gasteiger partial charge in [-0.3, -0.25) is 4.99 Å². The summed E-state index contributed by atoms with van der Waals surface area (Å²) in [6.45, 7) is 1.39. The molecule has 0 atom stereocenters. The van der Waals surface area contributed by atoms with Crippen LogP contribution in [0, 0.1) is 5.92 Å². The van der Waals surface area contributed by atoms with Crippen LogP contribution in [0.3, 0.4) is 0 Å². The van der Waals surface area contributed by atoms with Gasteiger partial charge in [0, 0.05) is 24.2 Å². The summed E-state index contributed by atoms with van der Waals surface area (Å²) in [7, 11) is 1.75. The number of rotatable bonds is 5. The molecule has 0 bridgehead atoms. The van der Waals surface area contributed by atoms with Crippen LogP contribution in [-0.4, -0.2) is 29.7 Å². The zero-order valence-electron chi connectivity index (χ0n) is 12.3. The summed E-state index contributed by atoms with van der Waals surface area (Å²) >= 11 is 5.87. The lowest BCUT2D eigenvalue weighted by atomic mass is 10.2. The maximum absolute atomic E-state index is 5.87. The first-order valence-electron chi connectivity index (χ1n) is 7.27. The Balaban J connectivity index is 1.55. The molecule has 2 N–H and O–H groups in total. The Morgan fingerprint density at radius 3 is 2.77 bits per heavy atom. The Morgan fingerprint density at radius 2 is 2.09 bits per heavy atom. The fourth-order valence-electron chi connectivity index (χ4n) is 1.99. The van der Waals surface area contributed by atoms with Gasteiger partial charge >= 0.3 is 0 Å². The molecule has 1 heterocycles. The van der Waals surface area contributed by atoms with Crippen molar-refractivity contribution in [3.63, 3.8) is 0 Å². The predicted octanol–water partition coefficient (Wildman–Crippen LogP) is 2.47.